The van der Waals surface area contributed by atoms with Crippen molar-refractivity contribution in [3.05, 3.63) is 42.1 Å². The van der Waals surface area contributed by atoms with E-state index in [1.165, 1.54) is 30.2 Å². The molecule has 2 unspecified atom stereocenters. The molecule has 1 aromatic heterocycles. The summed E-state index contributed by atoms with van der Waals surface area (Å²) in [7, 11) is 0. The first-order valence-electron chi connectivity index (χ1n) is 8.05. The van der Waals surface area contributed by atoms with Gasteiger partial charge in [-0.25, -0.2) is 0 Å². The monoisotopic (exact) mass is 282 g/mol. The van der Waals surface area contributed by atoms with Gasteiger partial charge in [-0.15, -0.1) is 0 Å². The molecule has 0 radical (unpaired) electrons. The van der Waals surface area contributed by atoms with Crippen LogP contribution in [0, 0.1) is 11.3 Å². The molecule has 1 aliphatic carbocycles. The molecule has 2 atom stereocenters. The molecule has 3 rings (SSSR count). The largest absolute Gasteiger partial charge is 0.321 e. The van der Waals surface area contributed by atoms with E-state index in [1.54, 1.807) is 0 Å². The van der Waals surface area contributed by atoms with E-state index in [9.17, 15) is 0 Å². The second-order valence-electron chi connectivity index (χ2n) is 7.62. The van der Waals surface area contributed by atoms with Gasteiger partial charge in [0.1, 0.15) is 0 Å². The average molecular weight is 282 g/mol. The van der Waals surface area contributed by atoms with E-state index in [1.807, 2.05) is 12.3 Å². The molecule has 0 amide bonds. The molecule has 1 heterocycles. The Labute approximate surface area is 127 Å². The molecule has 0 aliphatic heterocycles. The number of hydrogen-bond acceptors (Lipinski definition) is 2. The van der Waals surface area contributed by atoms with Crippen molar-refractivity contribution in [3.8, 4) is 0 Å². The normalized spacial score (nSPS) is 27.0. The van der Waals surface area contributed by atoms with E-state index in [-0.39, 0.29) is 11.0 Å². The fraction of sp³-hybridized carbons (Fsp3) is 0.526. The third-order valence-electron chi connectivity index (χ3n) is 5.14. The zero-order valence-corrected chi connectivity index (χ0v) is 13.4. The van der Waals surface area contributed by atoms with Crippen LogP contribution in [0.3, 0.4) is 0 Å². The van der Waals surface area contributed by atoms with Crippen molar-refractivity contribution in [2.24, 2.45) is 17.1 Å². The Kier molecular flexibility index (Phi) is 3.53. The quantitative estimate of drug-likeness (QED) is 0.828. The highest BCUT2D eigenvalue weighted by Crippen LogP contribution is 2.48. The topological polar surface area (TPSA) is 38.9 Å². The minimum absolute atomic E-state index is 0.208. The Morgan fingerprint density at radius 2 is 2.00 bits per heavy atom. The zero-order valence-electron chi connectivity index (χ0n) is 13.4. The fourth-order valence-electron chi connectivity index (χ4n) is 4.11. The van der Waals surface area contributed by atoms with Crippen LogP contribution in [-0.4, -0.2) is 4.98 Å². The molecule has 21 heavy (non-hydrogen) atoms. The van der Waals surface area contributed by atoms with Crippen molar-refractivity contribution in [2.45, 2.75) is 52.0 Å². The standard InChI is InChI=1S/C19H26N2/c1-18(2,3)17-8-4-5-11-19(17,20)15-9-10-16-14(13-15)7-6-12-21-16/h6-7,9-10,12-13,17H,4-5,8,11,20H2,1-3H3. The van der Waals surface area contributed by atoms with Gasteiger partial charge in [0.2, 0.25) is 0 Å². The Hall–Kier alpha value is -1.41. The lowest BCUT2D eigenvalue weighted by Crippen LogP contribution is -2.51. The van der Waals surface area contributed by atoms with E-state index >= 15 is 0 Å². The lowest BCUT2D eigenvalue weighted by Gasteiger charge is -2.48. The molecule has 2 heteroatoms. The third kappa shape index (κ3) is 2.57. The Morgan fingerprint density at radius 1 is 1.19 bits per heavy atom. The van der Waals surface area contributed by atoms with Gasteiger partial charge < -0.3 is 5.73 Å². The molecule has 2 N–H and O–H groups in total. The van der Waals surface area contributed by atoms with Gasteiger partial charge in [-0.3, -0.25) is 4.98 Å². The van der Waals surface area contributed by atoms with Crippen LogP contribution in [0.4, 0.5) is 0 Å². The minimum atomic E-state index is -0.208. The summed E-state index contributed by atoms with van der Waals surface area (Å²) in [6.45, 7) is 6.98. The Bertz CT molecular complexity index is 641. The highest BCUT2D eigenvalue weighted by molar-refractivity contribution is 5.79. The van der Waals surface area contributed by atoms with E-state index < -0.39 is 0 Å². The van der Waals surface area contributed by atoms with Crippen molar-refractivity contribution >= 4 is 10.9 Å². The van der Waals surface area contributed by atoms with E-state index in [2.05, 4.69) is 50.0 Å². The maximum Gasteiger partial charge on any atom is 0.0702 e. The predicted octanol–water partition coefficient (Wildman–Crippen LogP) is 4.63. The van der Waals surface area contributed by atoms with E-state index in [4.69, 9.17) is 5.73 Å². The minimum Gasteiger partial charge on any atom is -0.321 e. The van der Waals surface area contributed by atoms with Crippen molar-refractivity contribution in [2.75, 3.05) is 0 Å². The van der Waals surface area contributed by atoms with Crippen LogP contribution in [-0.2, 0) is 5.54 Å². The molecule has 112 valence electrons. The van der Waals surface area contributed by atoms with Gasteiger partial charge in [0.15, 0.2) is 0 Å². The molecule has 2 aromatic rings. The SMILES string of the molecule is CC(C)(C)C1CCCCC1(N)c1ccc2ncccc2c1. The van der Waals surface area contributed by atoms with Gasteiger partial charge in [-0.05, 0) is 47.9 Å². The lowest BCUT2D eigenvalue weighted by molar-refractivity contribution is 0.0779. The summed E-state index contributed by atoms with van der Waals surface area (Å²) in [4.78, 5) is 4.42. The summed E-state index contributed by atoms with van der Waals surface area (Å²) in [6, 6.07) is 10.7. The molecular weight excluding hydrogens is 256 g/mol. The first kappa shape index (κ1) is 14.5. The number of benzene rings is 1. The molecule has 1 aromatic carbocycles. The fourth-order valence-corrected chi connectivity index (χ4v) is 4.11. The van der Waals surface area contributed by atoms with E-state index in [0.717, 1.165) is 11.9 Å². The highest BCUT2D eigenvalue weighted by atomic mass is 14.8. The summed E-state index contributed by atoms with van der Waals surface area (Å²) in [5.74, 6) is 0.521. The van der Waals surface area contributed by atoms with Crippen molar-refractivity contribution in [1.29, 1.82) is 0 Å². The van der Waals surface area contributed by atoms with Gasteiger partial charge >= 0.3 is 0 Å². The molecule has 1 saturated carbocycles. The summed E-state index contributed by atoms with van der Waals surface area (Å²) in [5, 5.41) is 1.19. The molecule has 0 saturated heterocycles. The summed E-state index contributed by atoms with van der Waals surface area (Å²) >= 11 is 0. The molecule has 0 spiro atoms. The van der Waals surface area contributed by atoms with Gasteiger partial charge in [-0.2, -0.15) is 0 Å². The van der Waals surface area contributed by atoms with Crippen LogP contribution in [0.2, 0.25) is 0 Å². The summed E-state index contributed by atoms with van der Waals surface area (Å²) in [6.07, 6.45) is 6.69. The van der Waals surface area contributed by atoms with Crippen LogP contribution in [0.15, 0.2) is 36.5 Å². The van der Waals surface area contributed by atoms with Gasteiger partial charge in [-0.1, -0.05) is 45.7 Å². The highest BCUT2D eigenvalue weighted by Gasteiger charge is 2.44. The summed E-state index contributed by atoms with van der Waals surface area (Å²) < 4.78 is 0. The number of fused-ring (bicyclic) bond motifs is 1. The number of aromatic nitrogens is 1. The first-order chi connectivity index (χ1) is 9.91. The Morgan fingerprint density at radius 3 is 2.76 bits per heavy atom. The number of nitrogens with zero attached hydrogens (tertiary/aromatic N) is 1. The van der Waals surface area contributed by atoms with E-state index in [0.29, 0.717) is 5.92 Å². The smallest absolute Gasteiger partial charge is 0.0702 e. The first-order valence-corrected chi connectivity index (χ1v) is 8.05. The lowest BCUT2D eigenvalue weighted by atomic mass is 9.60. The number of hydrogen-bond donors (Lipinski definition) is 1. The van der Waals surface area contributed by atoms with Gasteiger partial charge in [0.25, 0.3) is 0 Å². The van der Waals surface area contributed by atoms with Crippen LogP contribution in [0.5, 0.6) is 0 Å². The van der Waals surface area contributed by atoms with Gasteiger partial charge in [0, 0.05) is 17.1 Å². The van der Waals surface area contributed by atoms with Crippen molar-refractivity contribution < 1.29 is 0 Å². The van der Waals surface area contributed by atoms with Crippen LogP contribution in [0.1, 0.15) is 52.0 Å². The molecule has 1 aliphatic rings. The zero-order chi connectivity index (χ0) is 15.1. The molecular formula is C19H26N2. The van der Waals surface area contributed by atoms with Crippen LogP contribution >= 0.6 is 0 Å². The summed E-state index contributed by atoms with van der Waals surface area (Å²) in [5.41, 5.74) is 9.34. The number of nitrogens with two attached hydrogens (primary N) is 1. The third-order valence-corrected chi connectivity index (χ3v) is 5.14. The average Bonchev–Trinajstić information content (AvgIpc) is 2.46. The second-order valence-corrected chi connectivity index (χ2v) is 7.62. The van der Waals surface area contributed by atoms with Crippen molar-refractivity contribution in [1.82, 2.24) is 4.98 Å². The van der Waals surface area contributed by atoms with Crippen LogP contribution < -0.4 is 5.73 Å². The predicted molar refractivity (Wildman–Crippen MR) is 89.0 cm³/mol. The van der Waals surface area contributed by atoms with Crippen LogP contribution in [0.25, 0.3) is 10.9 Å². The molecule has 1 fully saturated rings. The molecule has 2 nitrogen and oxygen atoms in total. The number of rotatable bonds is 1. The molecule has 0 bridgehead atoms. The number of pyridine rings is 1. The Balaban J connectivity index is 2.08. The maximum absolute atomic E-state index is 6.98. The maximum atomic E-state index is 6.98. The van der Waals surface area contributed by atoms with Crippen molar-refractivity contribution in [3.63, 3.8) is 0 Å². The second kappa shape index (κ2) is 5.10. The van der Waals surface area contributed by atoms with Gasteiger partial charge in [0.05, 0.1) is 5.52 Å².